The molecule has 28 heavy (non-hydrogen) atoms. The highest BCUT2D eigenvalue weighted by Crippen LogP contribution is 2.44. The first-order valence-electron chi connectivity index (χ1n) is 10.3. The average molecular weight is 384 g/mol. The fraction of sp³-hybridized carbons (Fsp3) is 0.591. The molecule has 1 aliphatic carbocycles. The lowest BCUT2D eigenvalue weighted by Gasteiger charge is -2.21. The number of benzene rings is 1. The van der Waals surface area contributed by atoms with E-state index in [0.29, 0.717) is 31.3 Å². The van der Waals surface area contributed by atoms with Crippen molar-refractivity contribution in [2.24, 2.45) is 23.7 Å². The molecule has 2 saturated heterocycles. The average Bonchev–Trinajstić information content (AvgIpc) is 3.30. The Bertz CT molecular complexity index is 784. The zero-order valence-corrected chi connectivity index (χ0v) is 16.5. The Kier molecular flexibility index (Phi) is 4.89. The van der Waals surface area contributed by atoms with Crippen molar-refractivity contribution in [2.75, 3.05) is 24.5 Å². The second kappa shape index (κ2) is 7.22. The van der Waals surface area contributed by atoms with Gasteiger partial charge in [-0.05, 0) is 54.7 Å². The number of carbonyl (C=O) groups excluding carboxylic acids is 2. The van der Waals surface area contributed by atoms with Crippen molar-refractivity contribution < 1.29 is 19.5 Å². The van der Waals surface area contributed by atoms with Crippen molar-refractivity contribution in [1.29, 1.82) is 0 Å². The molecule has 0 bridgehead atoms. The summed E-state index contributed by atoms with van der Waals surface area (Å²) in [5.74, 6) is -1.47. The molecule has 6 nitrogen and oxygen atoms in total. The van der Waals surface area contributed by atoms with Crippen LogP contribution in [-0.4, -0.2) is 47.4 Å². The van der Waals surface area contributed by atoms with Crippen molar-refractivity contribution in [3.05, 3.63) is 29.8 Å². The molecule has 1 aromatic carbocycles. The number of nitrogens with zero attached hydrogens (tertiary/aromatic N) is 2. The second-order valence-electron chi connectivity index (χ2n) is 8.77. The zero-order chi connectivity index (χ0) is 20.0. The van der Waals surface area contributed by atoms with E-state index in [-0.39, 0.29) is 24.3 Å². The number of carboxylic acid groups (broad SMARTS) is 1. The van der Waals surface area contributed by atoms with E-state index in [1.807, 2.05) is 24.3 Å². The molecule has 3 aliphatic rings. The SMILES string of the molecule is CC(C)c1ccc(N2CCC(C(=O)N3C[C@H](C(=O)O)[C@@H](C4CC4)C3)C2=O)cc1. The Labute approximate surface area is 165 Å². The molecular weight excluding hydrogens is 356 g/mol. The molecule has 1 unspecified atom stereocenters. The fourth-order valence-corrected chi connectivity index (χ4v) is 4.70. The van der Waals surface area contributed by atoms with Gasteiger partial charge in [0.2, 0.25) is 11.8 Å². The third-order valence-electron chi connectivity index (χ3n) is 6.60. The topological polar surface area (TPSA) is 77.9 Å². The number of amides is 2. The molecule has 2 amide bonds. The Morgan fingerprint density at radius 1 is 1.07 bits per heavy atom. The molecule has 1 N–H and O–H groups in total. The number of carboxylic acids is 1. The van der Waals surface area contributed by atoms with E-state index in [2.05, 4.69) is 13.8 Å². The molecule has 3 fully saturated rings. The number of likely N-dealkylation sites (tertiary alicyclic amines) is 1. The van der Waals surface area contributed by atoms with Gasteiger partial charge in [0.15, 0.2) is 0 Å². The van der Waals surface area contributed by atoms with Crippen LogP contribution in [0.15, 0.2) is 24.3 Å². The van der Waals surface area contributed by atoms with Gasteiger partial charge >= 0.3 is 5.97 Å². The minimum Gasteiger partial charge on any atom is -0.481 e. The highest BCUT2D eigenvalue weighted by Gasteiger charge is 2.49. The van der Waals surface area contributed by atoms with Gasteiger partial charge in [-0.1, -0.05) is 26.0 Å². The summed E-state index contributed by atoms with van der Waals surface area (Å²) >= 11 is 0. The van der Waals surface area contributed by atoms with E-state index in [0.717, 1.165) is 18.5 Å². The maximum Gasteiger partial charge on any atom is 0.308 e. The van der Waals surface area contributed by atoms with Crippen molar-refractivity contribution in [3.8, 4) is 0 Å². The summed E-state index contributed by atoms with van der Waals surface area (Å²) in [6, 6.07) is 7.94. The lowest BCUT2D eigenvalue weighted by Crippen LogP contribution is -2.39. The third kappa shape index (κ3) is 3.40. The molecule has 0 radical (unpaired) electrons. The zero-order valence-electron chi connectivity index (χ0n) is 16.5. The van der Waals surface area contributed by atoms with Crippen LogP contribution in [-0.2, 0) is 14.4 Å². The molecule has 2 aliphatic heterocycles. The number of anilines is 1. The van der Waals surface area contributed by atoms with Crippen LogP contribution in [0.2, 0.25) is 0 Å². The second-order valence-corrected chi connectivity index (χ2v) is 8.77. The summed E-state index contributed by atoms with van der Waals surface area (Å²) in [5.41, 5.74) is 2.04. The van der Waals surface area contributed by atoms with Crippen LogP contribution in [0.4, 0.5) is 5.69 Å². The Hall–Kier alpha value is -2.37. The predicted octanol–water partition coefficient (Wildman–Crippen LogP) is 2.73. The highest BCUT2D eigenvalue weighted by molar-refractivity contribution is 6.09. The van der Waals surface area contributed by atoms with Crippen LogP contribution >= 0.6 is 0 Å². The van der Waals surface area contributed by atoms with Crippen LogP contribution in [0, 0.1) is 23.7 Å². The third-order valence-corrected chi connectivity index (χ3v) is 6.60. The first kappa shape index (κ1) is 19.0. The monoisotopic (exact) mass is 384 g/mol. The van der Waals surface area contributed by atoms with Gasteiger partial charge in [0.05, 0.1) is 5.92 Å². The van der Waals surface area contributed by atoms with Gasteiger partial charge < -0.3 is 14.9 Å². The molecule has 1 saturated carbocycles. The van der Waals surface area contributed by atoms with Crippen molar-refractivity contribution >= 4 is 23.5 Å². The highest BCUT2D eigenvalue weighted by atomic mass is 16.4. The van der Waals surface area contributed by atoms with Crippen molar-refractivity contribution in [2.45, 2.75) is 39.0 Å². The largest absolute Gasteiger partial charge is 0.481 e. The predicted molar refractivity (Wildman–Crippen MR) is 105 cm³/mol. The lowest BCUT2D eigenvalue weighted by molar-refractivity contribution is -0.143. The standard InChI is InChI=1S/C22H28N2O4/c1-13(2)14-5-7-16(8-6-14)24-10-9-17(21(24)26)20(25)23-11-18(15-3-4-15)19(12-23)22(27)28/h5-8,13,15,17-19H,3-4,9-12H2,1-2H3,(H,27,28)/t17?,18-,19+/m1/s1. The normalized spacial score (nSPS) is 27.7. The molecule has 150 valence electrons. The van der Waals surface area contributed by atoms with Crippen LogP contribution in [0.25, 0.3) is 0 Å². The number of aliphatic carboxylic acids is 1. The van der Waals surface area contributed by atoms with E-state index in [1.165, 1.54) is 5.56 Å². The molecular formula is C22H28N2O4. The van der Waals surface area contributed by atoms with Gasteiger partial charge in [-0.25, -0.2) is 0 Å². The van der Waals surface area contributed by atoms with E-state index in [9.17, 15) is 19.5 Å². The van der Waals surface area contributed by atoms with E-state index >= 15 is 0 Å². The summed E-state index contributed by atoms with van der Waals surface area (Å²) < 4.78 is 0. The first-order valence-corrected chi connectivity index (χ1v) is 10.3. The first-order chi connectivity index (χ1) is 13.4. The minimum absolute atomic E-state index is 0.0395. The molecule has 6 heteroatoms. The molecule has 3 atom stereocenters. The van der Waals surface area contributed by atoms with Gasteiger partial charge in [0, 0.05) is 25.3 Å². The number of hydrogen-bond acceptors (Lipinski definition) is 3. The van der Waals surface area contributed by atoms with Gasteiger partial charge in [-0.15, -0.1) is 0 Å². The van der Waals surface area contributed by atoms with Crippen molar-refractivity contribution in [1.82, 2.24) is 4.90 Å². The smallest absolute Gasteiger partial charge is 0.308 e. The molecule has 4 rings (SSSR count). The number of hydrogen-bond donors (Lipinski definition) is 1. The van der Waals surface area contributed by atoms with Gasteiger partial charge in [-0.2, -0.15) is 0 Å². The Morgan fingerprint density at radius 3 is 2.32 bits per heavy atom. The quantitative estimate of drug-likeness (QED) is 0.792. The van der Waals surface area contributed by atoms with Crippen LogP contribution in [0.1, 0.15) is 44.6 Å². The summed E-state index contributed by atoms with van der Waals surface area (Å²) in [5, 5.41) is 9.52. The number of carbonyl (C=O) groups is 3. The van der Waals surface area contributed by atoms with E-state index in [4.69, 9.17) is 0 Å². The van der Waals surface area contributed by atoms with E-state index in [1.54, 1.807) is 9.80 Å². The van der Waals surface area contributed by atoms with Crippen LogP contribution < -0.4 is 4.90 Å². The molecule has 2 heterocycles. The molecule has 0 aromatic heterocycles. The summed E-state index contributed by atoms with van der Waals surface area (Å²) in [4.78, 5) is 40.9. The minimum atomic E-state index is -0.822. The van der Waals surface area contributed by atoms with Crippen molar-refractivity contribution in [3.63, 3.8) is 0 Å². The van der Waals surface area contributed by atoms with Gasteiger partial charge in [-0.3, -0.25) is 14.4 Å². The summed E-state index contributed by atoms with van der Waals surface area (Å²) in [7, 11) is 0. The fourth-order valence-electron chi connectivity index (χ4n) is 4.70. The van der Waals surface area contributed by atoms with Crippen LogP contribution in [0.5, 0.6) is 0 Å². The number of rotatable bonds is 5. The summed E-state index contributed by atoms with van der Waals surface area (Å²) in [6.07, 6.45) is 2.60. The van der Waals surface area contributed by atoms with Crippen LogP contribution in [0.3, 0.4) is 0 Å². The maximum absolute atomic E-state index is 13.0. The summed E-state index contributed by atoms with van der Waals surface area (Å²) in [6.45, 7) is 5.49. The molecule has 0 spiro atoms. The lowest BCUT2D eigenvalue weighted by atomic mass is 9.92. The van der Waals surface area contributed by atoms with E-state index < -0.39 is 17.8 Å². The molecule has 1 aromatic rings. The Balaban J connectivity index is 1.44. The van der Waals surface area contributed by atoms with Gasteiger partial charge in [0.1, 0.15) is 5.92 Å². The maximum atomic E-state index is 13.0. The van der Waals surface area contributed by atoms with Gasteiger partial charge in [0.25, 0.3) is 0 Å². The Morgan fingerprint density at radius 2 is 1.75 bits per heavy atom.